The minimum atomic E-state index is 0.701. The molecule has 0 saturated heterocycles. The lowest BCUT2D eigenvalue weighted by molar-refractivity contribution is 1.13. The van der Waals surface area contributed by atoms with Gasteiger partial charge in [0.2, 0.25) is 0 Å². The van der Waals surface area contributed by atoms with E-state index in [4.69, 9.17) is 4.98 Å². The van der Waals surface area contributed by atoms with Gasteiger partial charge in [0.05, 0.1) is 11.9 Å². The van der Waals surface area contributed by atoms with E-state index in [1.807, 2.05) is 32.3 Å². The summed E-state index contributed by atoms with van der Waals surface area (Å²) in [5.41, 5.74) is 4.89. The Hall–Kier alpha value is -2.79. The van der Waals surface area contributed by atoms with E-state index in [0.29, 0.717) is 5.65 Å². The molecule has 0 bridgehead atoms. The van der Waals surface area contributed by atoms with Gasteiger partial charge in [-0.15, -0.1) is 0 Å². The third kappa shape index (κ3) is 2.74. The Morgan fingerprint density at radius 2 is 1.58 bits per heavy atom. The summed E-state index contributed by atoms with van der Waals surface area (Å²) in [7, 11) is 4.06. The maximum absolute atomic E-state index is 4.75. The van der Waals surface area contributed by atoms with Crippen LogP contribution in [0.4, 0.5) is 5.69 Å². The van der Waals surface area contributed by atoms with Gasteiger partial charge in [-0.25, -0.2) is 15.0 Å². The first-order valence-corrected chi connectivity index (χ1v) is 8.49. The van der Waals surface area contributed by atoms with Crippen molar-refractivity contribution in [1.29, 1.82) is 0 Å². The van der Waals surface area contributed by atoms with E-state index >= 15 is 0 Å². The first kappa shape index (κ1) is 14.8. The third-order valence-corrected chi connectivity index (χ3v) is 4.81. The smallest absolute Gasteiger partial charge is 0.190 e. The van der Waals surface area contributed by atoms with Crippen LogP contribution in [-0.2, 0) is 0 Å². The zero-order valence-corrected chi connectivity index (χ0v) is 14.3. The van der Waals surface area contributed by atoms with Crippen LogP contribution in [0.25, 0.3) is 32.3 Å². The zero-order chi connectivity index (χ0) is 16.5. The van der Waals surface area contributed by atoms with E-state index in [0.717, 1.165) is 32.3 Å². The maximum Gasteiger partial charge on any atom is 0.190 e. The number of benzene rings is 2. The second-order valence-electron chi connectivity index (χ2n) is 5.71. The molecule has 0 atom stereocenters. The molecule has 2 aromatic carbocycles. The molecule has 0 fully saturated rings. The Morgan fingerprint density at radius 3 is 2.29 bits per heavy atom. The van der Waals surface area contributed by atoms with E-state index in [-0.39, 0.29) is 0 Å². The van der Waals surface area contributed by atoms with Crippen molar-refractivity contribution < 1.29 is 0 Å². The molecule has 0 unspecified atom stereocenters. The van der Waals surface area contributed by atoms with Crippen molar-refractivity contribution in [3.05, 3.63) is 60.8 Å². The number of thiazole rings is 1. The third-order valence-electron chi connectivity index (χ3n) is 3.82. The molecule has 2 aromatic heterocycles. The van der Waals surface area contributed by atoms with E-state index in [1.54, 1.807) is 17.5 Å². The van der Waals surface area contributed by atoms with E-state index < -0.39 is 0 Å². The van der Waals surface area contributed by atoms with Crippen LogP contribution in [-0.4, -0.2) is 29.0 Å². The summed E-state index contributed by atoms with van der Waals surface area (Å²) in [5, 5.41) is 0.950. The van der Waals surface area contributed by atoms with Crippen molar-refractivity contribution in [3.8, 4) is 21.8 Å². The molecule has 5 heteroatoms. The highest BCUT2D eigenvalue weighted by molar-refractivity contribution is 7.21. The van der Waals surface area contributed by atoms with Crippen LogP contribution in [0.2, 0.25) is 0 Å². The van der Waals surface area contributed by atoms with Gasteiger partial charge in [0, 0.05) is 30.9 Å². The SMILES string of the molecule is CN(C)c1ccc(-c2cnc3nc(-c4ccccc4)sc3n2)cc1. The monoisotopic (exact) mass is 332 g/mol. The number of anilines is 1. The van der Waals surface area contributed by atoms with Crippen molar-refractivity contribution in [2.75, 3.05) is 19.0 Å². The van der Waals surface area contributed by atoms with Crippen LogP contribution in [0.1, 0.15) is 0 Å². The Labute approximate surface area is 144 Å². The Bertz CT molecular complexity index is 975. The summed E-state index contributed by atoms with van der Waals surface area (Å²) in [5.74, 6) is 0. The molecule has 24 heavy (non-hydrogen) atoms. The highest BCUT2D eigenvalue weighted by Crippen LogP contribution is 2.29. The molecular weight excluding hydrogens is 316 g/mol. The topological polar surface area (TPSA) is 41.9 Å². The molecule has 0 saturated carbocycles. The molecule has 0 aliphatic heterocycles. The summed E-state index contributed by atoms with van der Waals surface area (Å²) in [6.07, 6.45) is 1.79. The number of aromatic nitrogens is 3. The van der Waals surface area contributed by atoms with Gasteiger partial charge in [-0.05, 0) is 12.1 Å². The molecule has 0 spiro atoms. The highest BCUT2D eigenvalue weighted by Gasteiger charge is 2.10. The van der Waals surface area contributed by atoms with Crippen LogP contribution in [0, 0.1) is 0 Å². The van der Waals surface area contributed by atoms with Gasteiger partial charge < -0.3 is 4.90 Å². The number of fused-ring (bicyclic) bond motifs is 1. The largest absolute Gasteiger partial charge is 0.378 e. The predicted molar refractivity (Wildman–Crippen MR) is 100 cm³/mol. The maximum atomic E-state index is 4.75. The van der Waals surface area contributed by atoms with Crippen molar-refractivity contribution in [1.82, 2.24) is 15.0 Å². The molecule has 4 aromatic rings. The number of rotatable bonds is 3. The minimum Gasteiger partial charge on any atom is -0.378 e. The summed E-state index contributed by atoms with van der Waals surface area (Å²) in [4.78, 5) is 16.8. The summed E-state index contributed by atoms with van der Waals surface area (Å²) >= 11 is 1.57. The van der Waals surface area contributed by atoms with Crippen molar-refractivity contribution in [2.45, 2.75) is 0 Å². The van der Waals surface area contributed by atoms with Crippen molar-refractivity contribution >= 4 is 27.5 Å². The fourth-order valence-corrected chi connectivity index (χ4v) is 3.40. The van der Waals surface area contributed by atoms with Crippen LogP contribution in [0.15, 0.2) is 60.8 Å². The fraction of sp³-hybridized carbons (Fsp3) is 0.105. The predicted octanol–water partition coefficient (Wildman–Crippen LogP) is 4.49. The van der Waals surface area contributed by atoms with Gasteiger partial charge in [0.1, 0.15) is 5.01 Å². The standard InChI is InChI=1S/C19H16N4S/c1-23(2)15-10-8-13(9-11-15)16-12-20-17-19(21-16)24-18(22-17)14-6-4-3-5-7-14/h3-12H,1-2H3. The molecule has 0 aliphatic rings. The van der Waals surface area contributed by atoms with Crippen LogP contribution in [0.5, 0.6) is 0 Å². The van der Waals surface area contributed by atoms with Crippen molar-refractivity contribution in [3.63, 3.8) is 0 Å². The molecule has 4 nitrogen and oxygen atoms in total. The molecule has 0 N–H and O–H groups in total. The van der Waals surface area contributed by atoms with Gasteiger partial charge in [-0.2, -0.15) is 0 Å². The van der Waals surface area contributed by atoms with Gasteiger partial charge in [-0.1, -0.05) is 53.8 Å². The molecule has 0 radical (unpaired) electrons. The molecular formula is C19H16N4S. The van der Waals surface area contributed by atoms with E-state index in [1.165, 1.54) is 0 Å². The minimum absolute atomic E-state index is 0.701. The highest BCUT2D eigenvalue weighted by atomic mass is 32.1. The first-order valence-electron chi connectivity index (χ1n) is 7.67. The Kier molecular flexibility index (Phi) is 3.70. The normalized spacial score (nSPS) is 10.9. The summed E-state index contributed by atoms with van der Waals surface area (Å²) < 4.78 is 0. The Morgan fingerprint density at radius 1 is 0.833 bits per heavy atom. The van der Waals surface area contributed by atoms with Gasteiger partial charge in [-0.3, -0.25) is 0 Å². The first-order chi connectivity index (χ1) is 11.7. The van der Waals surface area contributed by atoms with Crippen molar-refractivity contribution in [2.24, 2.45) is 0 Å². The average Bonchev–Trinajstić information content (AvgIpc) is 3.06. The van der Waals surface area contributed by atoms with E-state index in [9.17, 15) is 0 Å². The molecule has 4 rings (SSSR count). The van der Waals surface area contributed by atoms with Gasteiger partial charge in [0.25, 0.3) is 0 Å². The van der Waals surface area contributed by atoms with Crippen LogP contribution in [0.3, 0.4) is 0 Å². The Balaban J connectivity index is 1.73. The molecule has 0 aliphatic carbocycles. The zero-order valence-electron chi connectivity index (χ0n) is 13.5. The molecule has 0 amide bonds. The lowest BCUT2D eigenvalue weighted by Gasteiger charge is -2.12. The average molecular weight is 332 g/mol. The summed E-state index contributed by atoms with van der Waals surface area (Å²) in [6, 6.07) is 18.5. The number of hydrogen-bond donors (Lipinski definition) is 0. The van der Waals surface area contributed by atoms with E-state index in [2.05, 4.69) is 51.3 Å². The van der Waals surface area contributed by atoms with Gasteiger partial charge >= 0.3 is 0 Å². The lowest BCUT2D eigenvalue weighted by Crippen LogP contribution is -2.07. The van der Waals surface area contributed by atoms with Crippen LogP contribution < -0.4 is 4.90 Å². The molecule has 2 heterocycles. The molecule has 118 valence electrons. The second kappa shape index (κ2) is 6.02. The lowest BCUT2D eigenvalue weighted by atomic mass is 10.1. The number of hydrogen-bond acceptors (Lipinski definition) is 5. The second-order valence-corrected chi connectivity index (χ2v) is 6.69. The van der Waals surface area contributed by atoms with Gasteiger partial charge in [0.15, 0.2) is 10.5 Å². The van der Waals surface area contributed by atoms with Crippen LogP contribution >= 0.6 is 11.3 Å². The summed E-state index contributed by atoms with van der Waals surface area (Å²) in [6.45, 7) is 0. The fourth-order valence-electron chi connectivity index (χ4n) is 2.50. The number of nitrogens with zero attached hydrogens (tertiary/aromatic N) is 4. The quantitative estimate of drug-likeness (QED) is 0.554.